The number of rotatable bonds is 6. The molecular formula is C14H20O. The molecule has 82 valence electrons. The molecule has 0 amide bonds. The van der Waals surface area contributed by atoms with Gasteiger partial charge in [-0.25, -0.2) is 0 Å². The number of aliphatic hydroxyl groups is 1. The van der Waals surface area contributed by atoms with E-state index in [0.717, 1.165) is 12.0 Å². The highest BCUT2D eigenvalue weighted by Crippen LogP contribution is 2.17. The van der Waals surface area contributed by atoms with Crippen molar-refractivity contribution in [2.24, 2.45) is 5.92 Å². The summed E-state index contributed by atoms with van der Waals surface area (Å²) >= 11 is 0. The molecule has 0 aliphatic heterocycles. The molecule has 1 unspecified atom stereocenters. The second kappa shape index (κ2) is 7.86. The van der Waals surface area contributed by atoms with Crippen LogP contribution in [-0.4, -0.2) is 5.11 Å². The highest BCUT2D eigenvalue weighted by molar-refractivity contribution is 5.27. The third kappa shape index (κ3) is 5.74. The molecular weight excluding hydrogens is 184 g/mol. The molecule has 0 spiro atoms. The van der Waals surface area contributed by atoms with Crippen molar-refractivity contribution in [3.63, 3.8) is 0 Å². The van der Waals surface area contributed by atoms with E-state index in [1.54, 1.807) is 19.1 Å². The monoisotopic (exact) mass is 204 g/mol. The molecule has 0 radical (unpaired) electrons. The molecule has 0 bridgehead atoms. The fourth-order valence-corrected chi connectivity index (χ4v) is 1.18. The zero-order valence-electron chi connectivity index (χ0n) is 9.61. The normalized spacial score (nSPS) is 14.7. The van der Waals surface area contributed by atoms with E-state index in [4.69, 9.17) is 0 Å². The van der Waals surface area contributed by atoms with Gasteiger partial charge in [-0.3, -0.25) is 0 Å². The molecule has 0 aromatic carbocycles. The molecule has 0 fully saturated rings. The molecule has 1 nitrogen and oxygen atoms in total. The van der Waals surface area contributed by atoms with Crippen LogP contribution >= 0.6 is 0 Å². The lowest BCUT2D eigenvalue weighted by molar-refractivity contribution is 0.431. The lowest BCUT2D eigenvalue weighted by Gasteiger charge is -2.09. The summed E-state index contributed by atoms with van der Waals surface area (Å²) in [6, 6.07) is 0. The average molecular weight is 204 g/mol. The molecule has 0 heterocycles. The quantitative estimate of drug-likeness (QED) is 0.388. The Labute approximate surface area is 92.8 Å². The standard InChI is InChI=1S/C14H20O/c1-5-8-13(9-6-2)12(4)10-11-14(15)7-3/h5-7,9-11,13,15H,1,4,8H2,2-3H3/b9-6-,11-10-,14-7+. The van der Waals surface area contributed by atoms with Gasteiger partial charge in [0.25, 0.3) is 0 Å². The Morgan fingerprint density at radius 1 is 1.33 bits per heavy atom. The third-order valence-electron chi connectivity index (χ3n) is 2.09. The van der Waals surface area contributed by atoms with E-state index < -0.39 is 0 Å². The predicted molar refractivity (Wildman–Crippen MR) is 67.8 cm³/mol. The molecule has 1 heteroatoms. The lowest BCUT2D eigenvalue weighted by atomic mass is 9.96. The molecule has 15 heavy (non-hydrogen) atoms. The zero-order valence-corrected chi connectivity index (χ0v) is 9.61. The van der Waals surface area contributed by atoms with Crippen molar-refractivity contribution in [3.8, 4) is 0 Å². The molecule has 0 aliphatic rings. The summed E-state index contributed by atoms with van der Waals surface area (Å²) in [5.41, 5.74) is 0.974. The Morgan fingerprint density at radius 2 is 2.00 bits per heavy atom. The van der Waals surface area contributed by atoms with E-state index in [0.29, 0.717) is 0 Å². The van der Waals surface area contributed by atoms with Crippen LogP contribution in [0.5, 0.6) is 0 Å². The maximum absolute atomic E-state index is 9.24. The van der Waals surface area contributed by atoms with Crippen LogP contribution in [0, 0.1) is 5.92 Å². The fourth-order valence-electron chi connectivity index (χ4n) is 1.18. The van der Waals surface area contributed by atoms with Crippen LogP contribution in [0.4, 0.5) is 0 Å². The fraction of sp³-hybridized carbons (Fsp3) is 0.286. The molecule has 0 aromatic heterocycles. The number of hydrogen-bond acceptors (Lipinski definition) is 1. The smallest absolute Gasteiger partial charge is 0.111 e. The SMILES string of the molecule is C=CCC(/C=C\C)C(=C)/C=C\C(O)=C/C. The van der Waals surface area contributed by atoms with E-state index in [-0.39, 0.29) is 11.7 Å². The van der Waals surface area contributed by atoms with Crippen LogP contribution in [0.25, 0.3) is 0 Å². The van der Waals surface area contributed by atoms with Crippen LogP contribution in [0.2, 0.25) is 0 Å². The maximum atomic E-state index is 9.24. The maximum Gasteiger partial charge on any atom is 0.111 e. The van der Waals surface area contributed by atoms with Gasteiger partial charge in [-0.15, -0.1) is 6.58 Å². The van der Waals surface area contributed by atoms with Gasteiger partial charge in [0.05, 0.1) is 0 Å². The molecule has 0 aromatic rings. The van der Waals surface area contributed by atoms with Crippen LogP contribution in [0.15, 0.2) is 60.9 Å². The van der Waals surface area contributed by atoms with Gasteiger partial charge in [0.15, 0.2) is 0 Å². The third-order valence-corrected chi connectivity index (χ3v) is 2.09. The van der Waals surface area contributed by atoms with Crippen molar-refractivity contribution in [3.05, 3.63) is 60.9 Å². The van der Waals surface area contributed by atoms with Gasteiger partial charge >= 0.3 is 0 Å². The molecule has 0 saturated heterocycles. The zero-order chi connectivity index (χ0) is 11.7. The van der Waals surface area contributed by atoms with Crippen molar-refractivity contribution in [2.75, 3.05) is 0 Å². The van der Waals surface area contributed by atoms with Crippen molar-refractivity contribution >= 4 is 0 Å². The van der Waals surface area contributed by atoms with Gasteiger partial charge in [-0.1, -0.05) is 30.9 Å². The van der Waals surface area contributed by atoms with E-state index in [9.17, 15) is 5.11 Å². The minimum Gasteiger partial charge on any atom is -0.508 e. The van der Waals surface area contributed by atoms with E-state index >= 15 is 0 Å². The number of hydrogen-bond donors (Lipinski definition) is 1. The van der Waals surface area contributed by atoms with E-state index in [1.165, 1.54) is 0 Å². The molecule has 0 rings (SSSR count). The van der Waals surface area contributed by atoms with Crippen molar-refractivity contribution < 1.29 is 5.11 Å². The highest BCUT2D eigenvalue weighted by Gasteiger charge is 2.03. The summed E-state index contributed by atoms with van der Waals surface area (Å²) < 4.78 is 0. The van der Waals surface area contributed by atoms with Crippen LogP contribution in [-0.2, 0) is 0 Å². The summed E-state index contributed by atoms with van der Waals surface area (Å²) in [7, 11) is 0. The van der Waals surface area contributed by atoms with Crippen LogP contribution < -0.4 is 0 Å². The van der Waals surface area contributed by atoms with Crippen LogP contribution in [0.1, 0.15) is 20.3 Å². The molecule has 1 atom stereocenters. The second-order valence-corrected chi connectivity index (χ2v) is 3.28. The second-order valence-electron chi connectivity index (χ2n) is 3.28. The van der Waals surface area contributed by atoms with Crippen LogP contribution in [0.3, 0.4) is 0 Å². The lowest BCUT2D eigenvalue weighted by Crippen LogP contribution is -1.96. The van der Waals surface area contributed by atoms with Gasteiger partial charge in [-0.2, -0.15) is 0 Å². The minimum atomic E-state index is 0.258. The highest BCUT2D eigenvalue weighted by atomic mass is 16.3. The molecule has 1 N–H and O–H groups in total. The first-order valence-electron chi connectivity index (χ1n) is 5.11. The Bertz CT molecular complexity index is 292. The number of allylic oxidation sites excluding steroid dienone is 7. The Hall–Kier alpha value is -1.50. The van der Waals surface area contributed by atoms with Gasteiger partial charge < -0.3 is 5.11 Å². The first-order valence-corrected chi connectivity index (χ1v) is 5.11. The minimum absolute atomic E-state index is 0.258. The predicted octanol–water partition coefficient (Wildman–Crippen LogP) is 4.33. The summed E-state index contributed by atoms with van der Waals surface area (Å²) in [4.78, 5) is 0. The Balaban J connectivity index is 4.51. The molecule has 0 saturated carbocycles. The number of aliphatic hydroxyl groups excluding tert-OH is 1. The first-order chi connectivity index (χ1) is 7.15. The Morgan fingerprint density at radius 3 is 2.47 bits per heavy atom. The van der Waals surface area contributed by atoms with Crippen molar-refractivity contribution in [1.82, 2.24) is 0 Å². The summed E-state index contributed by atoms with van der Waals surface area (Å²) in [5.74, 6) is 0.530. The van der Waals surface area contributed by atoms with E-state index in [1.807, 2.05) is 25.2 Å². The topological polar surface area (TPSA) is 20.2 Å². The van der Waals surface area contributed by atoms with E-state index in [2.05, 4.69) is 19.2 Å². The van der Waals surface area contributed by atoms with Gasteiger partial charge in [-0.05, 0) is 38.0 Å². The van der Waals surface area contributed by atoms with Gasteiger partial charge in [0.2, 0.25) is 0 Å². The molecule has 0 aliphatic carbocycles. The first kappa shape index (κ1) is 13.5. The van der Waals surface area contributed by atoms with Crippen molar-refractivity contribution in [2.45, 2.75) is 20.3 Å². The van der Waals surface area contributed by atoms with Crippen molar-refractivity contribution in [1.29, 1.82) is 0 Å². The summed E-state index contributed by atoms with van der Waals surface area (Å²) in [6.45, 7) is 11.5. The summed E-state index contributed by atoms with van der Waals surface area (Å²) in [5, 5.41) is 9.24. The average Bonchev–Trinajstić information content (AvgIpc) is 2.25. The van der Waals surface area contributed by atoms with Gasteiger partial charge in [0.1, 0.15) is 5.76 Å². The largest absolute Gasteiger partial charge is 0.508 e. The van der Waals surface area contributed by atoms with Gasteiger partial charge in [0, 0.05) is 5.92 Å². The Kier molecular flexibility index (Phi) is 7.08. The summed E-state index contributed by atoms with van der Waals surface area (Å²) in [6.07, 6.45) is 12.0.